The number of carbonyl (C=O) groups excluding carboxylic acids is 2. The van der Waals surface area contributed by atoms with Gasteiger partial charge in [-0.2, -0.15) is 0 Å². The van der Waals surface area contributed by atoms with Gasteiger partial charge in [0.15, 0.2) is 6.61 Å². The lowest BCUT2D eigenvalue weighted by molar-refractivity contribution is -0.122. The smallest absolute Gasteiger partial charge is 0.319 e. The van der Waals surface area contributed by atoms with E-state index in [2.05, 4.69) is 45.1 Å². The molecule has 0 unspecified atom stereocenters. The van der Waals surface area contributed by atoms with Gasteiger partial charge in [-0.3, -0.25) is 9.69 Å². The minimum Gasteiger partial charge on any atom is -0.484 e. The van der Waals surface area contributed by atoms with Gasteiger partial charge in [0, 0.05) is 44.0 Å². The summed E-state index contributed by atoms with van der Waals surface area (Å²) in [5.41, 5.74) is 1.94. The number of carbonyl (C=O) groups is 2. The van der Waals surface area contributed by atoms with Crippen molar-refractivity contribution in [2.45, 2.75) is 32.4 Å². The molecule has 1 aliphatic rings. The van der Waals surface area contributed by atoms with Crippen molar-refractivity contribution in [3.05, 3.63) is 60.2 Å². The Morgan fingerprint density at radius 2 is 1.83 bits per heavy atom. The number of likely N-dealkylation sites (N-methyl/N-ethyl adjacent to an activating group) is 1. The van der Waals surface area contributed by atoms with E-state index in [1.54, 1.807) is 24.3 Å². The fraction of sp³-hybridized carbons (Fsp3) is 0.391. The molecule has 0 aliphatic carbocycles. The Morgan fingerprint density at radius 3 is 2.57 bits per heavy atom. The van der Waals surface area contributed by atoms with E-state index in [0.29, 0.717) is 18.0 Å². The molecule has 1 aliphatic heterocycles. The molecule has 7 nitrogen and oxygen atoms in total. The molecule has 2 aromatic rings. The molecule has 3 rings (SSSR count). The number of ether oxygens (including phenoxy) is 1. The van der Waals surface area contributed by atoms with Crippen LogP contribution in [0.15, 0.2) is 54.6 Å². The Balaban J connectivity index is 1.40. The van der Waals surface area contributed by atoms with Gasteiger partial charge in [0.25, 0.3) is 5.91 Å². The van der Waals surface area contributed by atoms with Crippen LogP contribution in [0, 0.1) is 0 Å². The molecular formula is C23H30N4O3. The molecular weight excluding hydrogens is 380 g/mol. The van der Waals surface area contributed by atoms with Crippen molar-refractivity contribution in [3.63, 3.8) is 0 Å². The van der Waals surface area contributed by atoms with Gasteiger partial charge in [-0.25, -0.2) is 4.79 Å². The zero-order valence-corrected chi connectivity index (χ0v) is 17.4. The SMILES string of the molecule is CCNC(=O)COc1cccc(NC(=O)NC2CCN(Cc3ccccc3)CC2)c1. The molecule has 0 aromatic heterocycles. The van der Waals surface area contributed by atoms with E-state index in [9.17, 15) is 9.59 Å². The first kappa shape index (κ1) is 21.6. The second-order valence-electron chi connectivity index (χ2n) is 7.40. The first-order valence-electron chi connectivity index (χ1n) is 10.5. The van der Waals surface area contributed by atoms with E-state index in [4.69, 9.17) is 4.74 Å². The van der Waals surface area contributed by atoms with Crippen LogP contribution in [-0.2, 0) is 11.3 Å². The number of hydrogen-bond acceptors (Lipinski definition) is 4. The number of rotatable bonds is 8. The highest BCUT2D eigenvalue weighted by molar-refractivity contribution is 5.89. The lowest BCUT2D eigenvalue weighted by Gasteiger charge is -2.32. The standard InChI is InChI=1S/C23H30N4O3/c1-2-24-22(28)17-30-21-10-6-9-20(15-21)26-23(29)25-19-11-13-27(14-12-19)16-18-7-4-3-5-8-18/h3-10,15,19H,2,11-14,16-17H2,1H3,(H,24,28)(H2,25,26,29). The second kappa shape index (κ2) is 11.2. The van der Waals surface area contributed by atoms with Gasteiger partial charge in [-0.05, 0) is 37.5 Å². The number of benzene rings is 2. The van der Waals surface area contributed by atoms with E-state index in [0.717, 1.165) is 32.5 Å². The maximum absolute atomic E-state index is 12.4. The highest BCUT2D eigenvalue weighted by atomic mass is 16.5. The first-order chi connectivity index (χ1) is 14.6. The van der Waals surface area contributed by atoms with Gasteiger partial charge in [-0.1, -0.05) is 36.4 Å². The lowest BCUT2D eigenvalue weighted by Crippen LogP contribution is -2.45. The molecule has 3 amide bonds. The van der Waals surface area contributed by atoms with E-state index < -0.39 is 0 Å². The quantitative estimate of drug-likeness (QED) is 0.625. The number of amides is 3. The van der Waals surface area contributed by atoms with Crippen LogP contribution in [-0.4, -0.2) is 49.1 Å². The minimum absolute atomic E-state index is 0.0506. The number of likely N-dealkylation sites (tertiary alicyclic amines) is 1. The molecule has 30 heavy (non-hydrogen) atoms. The summed E-state index contributed by atoms with van der Waals surface area (Å²) in [6, 6.07) is 17.4. The molecule has 7 heteroatoms. The molecule has 0 radical (unpaired) electrons. The summed E-state index contributed by atoms with van der Waals surface area (Å²) in [4.78, 5) is 26.3. The number of hydrogen-bond donors (Lipinski definition) is 3. The minimum atomic E-state index is -0.225. The van der Waals surface area contributed by atoms with Crippen LogP contribution in [0.1, 0.15) is 25.3 Å². The zero-order chi connectivity index (χ0) is 21.2. The van der Waals surface area contributed by atoms with E-state index >= 15 is 0 Å². The summed E-state index contributed by atoms with van der Waals surface area (Å²) in [5.74, 6) is 0.362. The van der Waals surface area contributed by atoms with Crippen molar-refractivity contribution >= 4 is 17.6 Å². The van der Waals surface area contributed by atoms with Crippen LogP contribution in [0.25, 0.3) is 0 Å². The Labute approximate surface area is 177 Å². The van der Waals surface area contributed by atoms with Crippen molar-refractivity contribution in [1.29, 1.82) is 0 Å². The highest BCUT2D eigenvalue weighted by Crippen LogP contribution is 2.18. The van der Waals surface area contributed by atoms with Crippen LogP contribution in [0.4, 0.5) is 10.5 Å². The zero-order valence-electron chi connectivity index (χ0n) is 17.4. The second-order valence-corrected chi connectivity index (χ2v) is 7.40. The molecule has 160 valence electrons. The van der Waals surface area contributed by atoms with Crippen molar-refractivity contribution < 1.29 is 14.3 Å². The fourth-order valence-corrected chi connectivity index (χ4v) is 3.49. The van der Waals surface area contributed by atoms with Gasteiger partial charge in [0.2, 0.25) is 0 Å². The average molecular weight is 411 g/mol. The van der Waals surface area contributed by atoms with Crippen LogP contribution >= 0.6 is 0 Å². The maximum Gasteiger partial charge on any atom is 0.319 e. The van der Waals surface area contributed by atoms with E-state index in [1.807, 2.05) is 13.0 Å². The molecule has 2 aromatic carbocycles. The van der Waals surface area contributed by atoms with Gasteiger partial charge >= 0.3 is 6.03 Å². The predicted molar refractivity (Wildman–Crippen MR) is 118 cm³/mol. The normalized spacial score (nSPS) is 14.7. The molecule has 0 spiro atoms. The summed E-state index contributed by atoms with van der Waals surface area (Å²) in [7, 11) is 0. The van der Waals surface area contributed by atoms with Gasteiger partial charge in [0.05, 0.1) is 0 Å². The highest BCUT2D eigenvalue weighted by Gasteiger charge is 2.20. The van der Waals surface area contributed by atoms with Gasteiger partial charge < -0.3 is 20.7 Å². The van der Waals surface area contributed by atoms with Crippen molar-refractivity contribution in [2.24, 2.45) is 0 Å². The number of nitrogens with one attached hydrogen (secondary N) is 3. The van der Waals surface area contributed by atoms with Gasteiger partial charge in [-0.15, -0.1) is 0 Å². The van der Waals surface area contributed by atoms with Crippen molar-refractivity contribution in [3.8, 4) is 5.75 Å². The summed E-state index contributed by atoms with van der Waals surface area (Å²) < 4.78 is 5.46. The summed E-state index contributed by atoms with van der Waals surface area (Å²) in [5, 5.41) is 8.58. The van der Waals surface area contributed by atoms with Crippen LogP contribution in [0.5, 0.6) is 5.75 Å². The molecule has 3 N–H and O–H groups in total. The van der Waals surface area contributed by atoms with Crippen LogP contribution in [0.3, 0.4) is 0 Å². The predicted octanol–water partition coefficient (Wildman–Crippen LogP) is 2.99. The summed E-state index contributed by atoms with van der Waals surface area (Å²) in [6.45, 7) is 5.24. The Kier molecular flexibility index (Phi) is 8.09. The van der Waals surface area contributed by atoms with Crippen molar-refractivity contribution in [2.75, 3.05) is 31.6 Å². The Hall–Kier alpha value is -3.06. The summed E-state index contributed by atoms with van der Waals surface area (Å²) in [6.07, 6.45) is 1.85. The molecule has 0 bridgehead atoms. The molecule has 0 saturated carbocycles. The third-order valence-corrected chi connectivity index (χ3v) is 5.01. The van der Waals surface area contributed by atoms with Gasteiger partial charge in [0.1, 0.15) is 5.75 Å². The molecule has 0 atom stereocenters. The third-order valence-electron chi connectivity index (χ3n) is 5.01. The van der Waals surface area contributed by atoms with E-state index in [-0.39, 0.29) is 24.6 Å². The molecule has 1 fully saturated rings. The maximum atomic E-state index is 12.4. The first-order valence-corrected chi connectivity index (χ1v) is 10.5. The third kappa shape index (κ3) is 7.08. The molecule has 1 heterocycles. The number of urea groups is 1. The lowest BCUT2D eigenvalue weighted by atomic mass is 10.0. The monoisotopic (exact) mass is 410 g/mol. The molecule has 1 saturated heterocycles. The Bertz CT molecular complexity index is 820. The topological polar surface area (TPSA) is 82.7 Å². The van der Waals surface area contributed by atoms with Crippen LogP contribution < -0.4 is 20.7 Å². The Morgan fingerprint density at radius 1 is 1.07 bits per heavy atom. The van der Waals surface area contributed by atoms with Crippen LogP contribution in [0.2, 0.25) is 0 Å². The number of anilines is 1. The average Bonchev–Trinajstić information content (AvgIpc) is 2.75. The fourth-order valence-electron chi connectivity index (χ4n) is 3.49. The largest absolute Gasteiger partial charge is 0.484 e. The number of piperidine rings is 1. The van der Waals surface area contributed by atoms with Crippen molar-refractivity contribution in [1.82, 2.24) is 15.5 Å². The number of nitrogens with zero attached hydrogens (tertiary/aromatic N) is 1. The van der Waals surface area contributed by atoms with E-state index in [1.165, 1.54) is 5.56 Å². The summed E-state index contributed by atoms with van der Waals surface area (Å²) >= 11 is 0.